The molecular formula is C11H19ClN2O. The van der Waals surface area contributed by atoms with Gasteiger partial charge in [-0.25, -0.2) is 0 Å². The fourth-order valence-electron chi connectivity index (χ4n) is 2.23. The summed E-state index contributed by atoms with van der Waals surface area (Å²) in [6.07, 6.45) is 7.52. The lowest BCUT2D eigenvalue weighted by Crippen LogP contribution is -2.30. The Balaban J connectivity index is 0.00000112. The third kappa shape index (κ3) is 3.21. The summed E-state index contributed by atoms with van der Waals surface area (Å²) in [6, 6.07) is 0.195. The van der Waals surface area contributed by atoms with E-state index in [1.165, 1.54) is 18.4 Å². The predicted octanol–water partition coefficient (Wildman–Crippen LogP) is 1.47. The number of likely N-dealkylation sites (tertiary alicyclic amines) is 1. The Morgan fingerprint density at radius 3 is 2.60 bits per heavy atom. The van der Waals surface area contributed by atoms with Gasteiger partial charge in [0.2, 0.25) is 5.91 Å². The molecule has 2 rings (SSSR count). The van der Waals surface area contributed by atoms with Gasteiger partial charge in [0.1, 0.15) is 0 Å². The van der Waals surface area contributed by atoms with Gasteiger partial charge >= 0.3 is 0 Å². The highest BCUT2D eigenvalue weighted by Gasteiger charge is 2.22. The van der Waals surface area contributed by atoms with Gasteiger partial charge in [-0.1, -0.05) is 5.57 Å². The van der Waals surface area contributed by atoms with E-state index < -0.39 is 0 Å². The molecule has 1 aliphatic carbocycles. The molecule has 1 atom stereocenters. The first-order chi connectivity index (χ1) is 6.75. The number of amides is 1. The molecule has 1 saturated carbocycles. The van der Waals surface area contributed by atoms with Crippen LogP contribution in [-0.2, 0) is 4.79 Å². The van der Waals surface area contributed by atoms with Gasteiger partial charge in [-0.05, 0) is 32.1 Å². The van der Waals surface area contributed by atoms with Crippen molar-refractivity contribution in [3.63, 3.8) is 0 Å². The molecule has 1 amide bonds. The molecule has 1 heterocycles. The fourth-order valence-corrected chi connectivity index (χ4v) is 2.23. The Morgan fingerprint density at radius 1 is 1.40 bits per heavy atom. The molecule has 3 nitrogen and oxygen atoms in total. The second-order valence-corrected chi connectivity index (χ2v) is 4.34. The zero-order valence-electron chi connectivity index (χ0n) is 8.95. The average molecular weight is 231 g/mol. The van der Waals surface area contributed by atoms with E-state index in [-0.39, 0.29) is 24.4 Å². The molecule has 0 spiro atoms. The summed E-state index contributed by atoms with van der Waals surface area (Å²) in [5, 5.41) is 0. The van der Waals surface area contributed by atoms with Crippen molar-refractivity contribution in [2.24, 2.45) is 5.73 Å². The van der Waals surface area contributed by atoms with E-state index in [1.54, 1.807) is 0 Å². The zero-order chi connectivity index (χ0) is 9.97. The van der Waals surface area contributed by atoms with Crippen LogP contribution in [0.3, 0.4) is 0 Å². The van der Waals surface area contributed by atoms with Gasteiger partial charge in [0.15, 0.2) is 0 Å². The summed E-state index contributed by atoms with van der Waals surface area (Å²) in [5.74, 6) is 0.176. The van der Waals surface area contributed by atoms with Crippen molar-refractivity contribution in [3.8, 4) is 0 Å². The van der Waals surface area contributed by atoms with Crippen LogP contribution in [0.15, 0.2) is 11.6 Å². The minimum absolute atomic E-state index is 0. The van der Waals surface area contributed by atoms with Crippen molar-refractivity contribution in [2.45, 2.75) is 38.1 Å². The van der Waals surface area contributed by atoms with E-state index in [4.69, 9.17) is 5.73 Å². The number of nitrogens with zero attached hydrogens (tertiary/aromatic N) is 1. The molecule has 4 heteroatoms. The summed E-state index contributed by atoms with van der Waals surface area (Å²) >= 11 is 0. The molecule has 2 fully saturated rings. The summed E-state index contributed by atoms with van der Waals surface area (Å²) in [7, 11) is 0. The zero-order valence-corrected chi connectivity index (χ0v) is 9.76. The molecule has 15 heavy (non-hydrogen) atoms. The first kappa shape index (κ1) is 12.5. The number of allylic oxidation sites excluding steroid dienone is 1. The molecule has 1 saturated heterocycles. The highest BCUT2D eigenvalue weighted by molar-refractivity contribution is 5.88. The maximum Gasteiger partial charge on any atom is 0.246 e. The van der Waals surface area contributed by atoms with Crippen LogP contribution in [-0.4, -0.2) is 29.9 Å². The fraction of sp³-hybridized carbons (Fsp3) is 0.727. The van der Waals surface area contributed by atoms with Crippen molar-refractivity contribution in [1.29, 1.82) is 0 Å². The maximum atomic E-state index is 11.7. The summed E-state index contributed by atoms with van der Waals surface area (Å²) in [4.78, 5) is 13.6. The molecule has 1 unspecified atom stereocenters. The molecular weight excluding hydrogens is 212 g/mol. The Bertz CT molecular complexity index is 257. The summed E-state index contributed by atoms with van der Waals surface area (Å²) in [5.41, 5.74) is 7.09. The summed E-state index contributed by atoms with van der Waals surface area (Å²) < 4.78 is 0. The minimum atomic E-state index is 0. The monoisotopic (exact) mass is 230 g/mol. The maximum absolute atomic E-state index is 11.7. The highest BCUT2D eigenvalue weighted by atomic mass is 35.5. The molecule has 2 aliphatic rings. The first-order valence-corrected chi connectivity index (χ1v) is 5.49. The van der Waals surface area contributed by atoms with Crippen molar-refractivity contribution < 1.29 is 4.79 Å². The number of carbonyl (C=O) groups is 1. The second-order valence-electron chi connectivity index (χ2n) is 4.34. The van der Waals surface area contributed by atoms with E-state index >= 15 is 0 Å². The van der Waals surface area contributed by atoms with Crippen LogP contribution in [0, 0.1) is 0 Å². The average Bonchev–Trinajstić information content (AvgIpc) is 2.75. The number of carbonyl (C=O) groups excluding carboxylic acids is 1. The van der Waals surface area contributed by atoms with Crippen LogP contribution in [0.25, 0.3) is 0 Å². The van der Waals surface area contributed by atoms with Gasteiger partial charge < -0.3 is 10.6 Å². The van der Waals surface area contributed by atoms with Crippen LogP contribution < -0.4 is 5.73 Å². The topological polar surface area (TPSA) is 46.3 Å². The lowest BCUT2D eigenvalue weighted by molar-refractivity contribution is -0.125. The predicted molar refractivity (Wildman–Crippen MR) is 63.0 cm³/mol. The Morgan fingerprint density at radius 2 is 2.07 bits per heavy atom. The molecule has 0 aromatic heterocycles. The largest absolute Gasteiger partial charge is 0.338 e. The molecule has 0 radical (unpaired) electrons. The van der Waals surface area contributed by atoms with Crippen molar-refractivity contribution in [3.05, 3.63) is 11.6 Å². The molecule has 1 aliphatic heterocycles. The highest BCUT2D eigenvalue weighted by Crippen LogP contribution is 2.24. The van der Waals surface area contributed by atoms with Gasteiger partial charge in [-0.15, -0.1) is 12.4 Å². The van der Waals surface area contributed by atoms with Crippen molar-refractivity contribution in [2.75, 3.05) is 13.1 Å². The third-order valence-electron chi connectivity index (χ3n) is 3.11. The smallest absolute Gasteiger partial charge is 0.246 e. The second kappa shape index (κ2) is 5.52. The lowest BCUT2D eigenvalue weighted by atomic mass is 10.2. The van der Waals surface area contributed by atoms with Gasteiger partial charge in [0, 0.05) is 25.2 Å². The normalized spacial score (nSPS) is 25.3. The van der Waals surface area contributed by atoms with Gasteiger partial charge in [0.05, 0.1) is 0 Å². The van der Waals surface area contributed by atoms with E-state index in [0.29, 0.717) is 0 Å². The van der Waals surface area contributed by atoms with E-state index in [2.05, 4.69) is 0 Å². The van der Waals surface area contributed by atoms with E-state index in [0.717, 1.165) is 32.4 Å². The van der Waals surface area contributed by atoms with Crippen LogP contribution in [0.2, 0.25) is 0 Å². The Hall–Kier alpha value is -0.540. The SMILES string of the molecule is Cl.NC1CCN(C(=O)C=C2CCCC2)C1. The summed E-state index contributed by atoms with van der Waals surface area (Å²) in [6.45, 7) is 1.58. The quantitative estimate of drug-likeness (QED) is 0.694. The number of nitrogens with two attached hydrogens (primary N) is 1. The number of rotatable bonds is 1. The molecule has 2 N–H and O–H groups in total. The number of hydrogen-bond donors (Lipinski definition) is 1. The van der Waals surface area contributed by atoms with Crippen molar-refractivity contribution >= 4 is 18.3 Å². The van der Waals surface area contributed by atoms with Crippen molar-refractivity contribution in [1.82, 2.24) is 4.90 Å². The van der Waals surface area contributed by atoms with Gasteiger partial charge in [-0.2, -0.15) is 0 Å². The van der Waals surface area contributed by atoms with Crippen LogP contribution in [0.4, 0.5) is 0 Å². The Labute approximate surface area is 97.1 Å². The number of halogens is 1. The van der Waals surface area contributed by atoms with Crippen LogP contribution in [0.5, 0.6) is 0 Å². The first-order valence-electron chi connectivity index (χ1n) is 5.49. The Kier molecular flexibility index (Phi) is 4.61. The van der Waals surface area contributed by atoms with E-state index in [1.807, 2.05) is 11.0 Å². The lowest BCUT2D eigenvalue weighted by Gasteiger charge is -2.13. The molecule has 86 valence electrons. The van der Waals surface area contributed by atoms with Gasteiger partial charge in [0.25, 0.3) is 0 Å². The van der Waals surface area contributed by atoms with E-state index in [9.17, 15) is 4.79 Å². The molecule has 0 bridgehead atoms. The van der Waals surface area contributed by atoms with Crippen LogP contribution >= 0.6 is 12.4 Å². The van der Waals surface area contributed by atoms with Gasteiger partial charge in [-0.3, -0.25) is 4.79 Å². The van der Waals surface area contributed by atoms with Crippen LogP contribution in [0.1, 0.15) is 32.1 Å². The third-order valence-corrected chi connectivity index (χ3v) is 3.11. The minimum Gasteiger partial charge on any atom is -0.338 e. The number of hydrogen-bond acceptors (Lipinski definition) is 2. The standard InChI is InChI=1S/C11H18N2O.ClH/c12-10-5-6-13(8-10)11(14)7-9-3-1-2-4-9;/h7,10H,1-6,8,12H2;1H. The molecule has 0 aromatic carbocycles. The molecule has 0 aromatic rings.